The maximum Gasteiger partial charge on any atom is 0.175 e. The lowest BCUT2D eigenvalue weighted by molar-refractivity contribution is 0.523. The zero-order valence-corrected chi connectivity index (χ0v) is 7.10. The van der Waals surface area contributed by atoms with Gasteiger partial charge in [0.1, 0.15) is 5.94 Å². The lowest BCUT2D eigenvalue weighted by Gasteiger charge is -2.19. The van der Waals surface area contributed by atoms with Crippen molar-refractivity contribution in [2.24, 2.45) is 0 Å². The molecule has 0 aromatic rings. The Kier molecular flexibility index (Phi) is 3.69. The molecular formula is C6H10N2OS. The third-order valence-electron chi connectivity index (χ3n) is 0.931. The van der Waals surface area contributed by atoms with Gasteiger partial charge < -0.3 is 9.80 Å². The van der Waals surface area contributed by atoms with Crippen LogP contribution in [0.5, 0.6) is 0 Å². The van der Waals surface area contributed by atoms with Crippen molar-refractivity contribution in [2.45, 2.75) is 0 Å². The molecule has 0 aromatic heterocycles. The van der Waals surface area contributed by atoms with E-state index in [1.165, 1.54) is 11.1 Å². The van der Waals surface area contributed by atoms with E-state index in [1.807, 2.05) is 14.1 Å². The highest BCUT2D eigenvalue weighted by Crippen LogP contribution is 1.89. The molecule has 0 aliphatic carbocycles. The first-order valence-electron chi connectivity index (χ1n) is 2.74. The van der Waals surface area contributed by atoms with Crippen LogP contribution in [0.2, 0.25) is 0 Å². The molecule has 3 nitrogen and oxygen atoms in total. The highest BCUT2D eigenvalue weighted by Gasteiger charge is 2.00. The molecule has 4 heteroatoms. The summed E-state index contributed by atoms with van der Waals surface area (Å²) in [4.78, 5) is 13.1. The van der Waals surface area contributed by atoms with Gasteiger partial charge in [-0.05, 0) is 12.2 Å². The van der Waals surface area contributed by atoms with Gasteiger partial charge >= 0.3 is 0 Å². The maximum atomic E-state index is 9.84. The molecule has 0 saturated carbocycles. The highest BCUT2D eigenvalue weighted by atomic mass is 32.1. The van der Waals surface area contributed by atoms with Crippen molar-refractivity contribution in [2.75, 3.05) is 21.1 Å². The Labute approximate surface area is 65.9 Å². The van der Waals surface area contributed by atoms with Gasteiger partial charge in [-0.25, -0.2) is 4.79 Å². The Bertz CT molecular complexity index is 173. The Morgan fingerprint density at radius 2 is 2.00 bits per heavy atom. The summed E-state index contributed by atoms with van der Waals surface area (Å²) in [6, 6.07) is 0. The summed E-state index contributed by atoms with van der Waals surface area (Å²) in [7, 11) is 5.34. The predicted molar refractivity (Wildman–Crippen MR) is 44.3 cm³/mol. The van der Waals surface area contributed by atoms with Crippen molar-refractivity contribution in [3.63, 3.8) is 0 Å². The molecule has 56 valence electrons. The van der Waals surface area contributed by atoms with E-state index in [2.05, 4.69) is 0 Å². The summed E-state index contributed by atoms with van der Waals surface area (Å²) in [6.07, 6.45) is 1.25. The van der Waals surface area contributed by atoms with Crippen molar-refractivity contribution in [1.82, 2.24) is 9.80 Å². The zero-order chi connectivity index (χ0) is 8.15. The van der Waals surface area contributed by atoms with Crippen LogP contribution < -0.4 is 0 Å². The van der Waals surface area contributed by atoms with Gasteiger partial charge in [-0.1, -0.05) is 0 Å². The van der Waals surface area contributed by atoms with E-state index in [0.29, 0.717) is 5.11 Å². The number of rotatable bonds is 1. The second-order valence-corrected chi connectivity index (χ2v) is 2.40. The van der Waals surface area contributed by atoms with Crippen LogP contribution in [0, 0.1) is 0 Å². The molecule has 0 spiro atoms. The van der Waals surface area contributed by atoms with Crippen molar-refractivity contribution in [3.8, 4) is 0 Å². The fourth-order valence-corrected chi connectivity index (χ4v) is 0.502. The minimum atomic E-state index is 0.586. The largest absolute Gasteiger partial charge is 0.355 e. The highest BCUT2D eigenvalue weighted by molar-refractivity contribution is 7.80. The number of thiocarbonyl (C=S) groups is 1. The summed E-state index contributed by atoms with van der Waals surface area (Å²) in [5.74, 6) is 1.64. The predicted octanol–water partition coefficient (Wildman–Crippen LogP) is 0.110. The molecule has 0 radical (unpaired) electrons. The summed E-state index contributed by atoms with van der Waals surface area (Å²) < 4.78 is 0. The van der Waals surface area contributed by atoms with Gasteiger partial charge in [-0.3, -0.25) is 0 Å². The second-order valence-electron chi connectivity index (χ2n) is 2.03. The van der Waals surface area contributed by atoms with E-state index in [-0.39, 0.29) is 0 Å². The van der Waals surface area contributed by atoms with Crippen LogP contribution in [0.25, 0.3) is 0 Å². The van der Waals surface area contributed by atoms with E-state index in [0.717, 1.165) is 0 Å². The topological polar surface area (TPSA) is 23.6 Å². The molecule has 0 heterocycles. The van der Waals surface area contributed by atoms with Crippen LogP contribution in [-0.4, -0.2) is 42.0 Å². The molecule has 0 fully saturated rings. The number of carbonyl (C=O) groups excluding carboxylic acids is 1. The van der Waals surface area contributed by atoms with E-state index in [9.17, 15) is 4.79 Å². The lowest BCUT2D eigenvalue weighted by Crippen LogP contribution is -2.32. The van der Waals surface area contributed by atoms with Crippen LogP contribution in [0.15, 0.2) is 6.20 Å². The van der Waals surface area contributed by atoms with Crippen LogP contribution in [0.1, 0.15) is 0 Å². The molecule has 0 amide bonds. The van der Waals surface area contributed by atoms with Crippen LogP contribution in [-0.2, 0) is 4.79 Å². The second kappa shape index (κ2) is 4.04. The molecule has 0 aromatic carbocycles. The summed E-state index contributed by atoms with van der Waals surface area (Å²) in [5, 5.41) is 0.586. The summed E-state index contributed by atoms with van der Waals surface area (Å²) in [6.45, 7) is 0. The first-order chi connectivity index (χ1) is 4.59. The van der Waals surface area contributed by atoms with E-state index in [1.54, 1.807) is 17.9 Å². The molecular weight excluding hydrogens is 148 g/mol. The minimum Gasteiger partial charge on any atom is -0.355 e. The van der Waals surface area contributed by atoms with E-state index < -0.39 is 0 Å². The molecule has 0 N–H and O–H groups in total. The van der Waals surface area contributed by atoms with Crippen LogP contribution in [0.3, 0.4) is 0 Å². The van der Waals surface area contributed by atoms with E-state index in [4.69, 9.17) is 12.2 Å². The third kappa shape index (κ3) is 2.62. The SMILES string of the molecule is CN(C)C(=S)N(C)C=C=O. The number of hydrogen-bond acceptors (Lipinski definition) is 2. The van der Waals surface area contributed by atoms with Gasteiger partial charge in [-0.15, -0.1) is 0 Å². The van der Waals surface area contributed by atoms with Crippen molar-refractivity contribution < 1.29 is 4.79 Å². The molecule has 10 heavy (non-hydrogen) atoms. The standard InChI is InChI=1S/C6H10N2OS/c1-7(2)6(10)8(3)4-5-9/h4H,1-3H3. The van der Waals surface area contributed by atoms with Gasteiger partial charge in [0.15, 0.2) is 5.11 Å². The van der Waals surface area contributed by atoms with Gasteiger partial charge in [0, 0.05) is 21.1 Å². The van der Waals surface area contributed by atoms with Crippen molar-refractivity contribution in [1.29, 1.82) is 0 Å². The zero-order valence-electron chi connectivity index (χ0n) is 6.29. The van der Waals surface area contributed by atoms with Gasteiger partial charge in [0.2, 0.25) is 0 Å². The van der Waals surface area contributed by atoms with Gasteiger partial charge in [0.05, 0.1) is 6.20 Å². The molecule has 0 bridgehead atoms. The van der Waals surface area contributed by atoms with Gasteiger partial charge in [0.25, 0.3) is 0 Å². The average molecular weight is 158 g/mol. The Balaban J connectivity index is 4.07. The lowest BCUT2D eigenvalue weighted by atomic mass is 10.7. The molecule has 0 rings (SSSR count). The first kappa shape index (κ1) is 9.14. The Morgan fingerprint density at radius 3 is 2.30 bits per heavy atom. The average Bonchev–Trinajstić information content (AvgIpc) is 1.87. The molecule has 0 aliphatic heterocycles. The van der Waals surface area contributed by atoms with Crippen molar-refractivity contribution >= 4 is 23.3 Å². The summed E-state index contributed by atoms with van der Waals surface area (Å²) in [5.41, 5.74) is 0. The minimum absolute atomic E-state index is 0.586. The molecule has 0 saturated heterocycles. The Morgan fingerprint density at radius 1 is 1.50 bits per heavy atom. The number of hydrogen-bond donors (Lipinski definition) is 0. The summed E-state index contributed by atoms with van der Waals surface area (Å²) >= 11 is 4.91. The van der Waals surface area contributed by atoms with Crippen LogP contribution >= 0.6 is 12.2 Å². The maximum absolute atomic E-state index is 9.84. The molecule has 0 atom stereocenters. The van der Waals surface area contributed by atoms with Crippen LogP contribution in [0.4, 0.5) is 0 Å². The molecule has 0 aliphatic rings. The smallest absolute Gasteiger partial charge is 0.175 e. The normalized spacial score (nSPS) is 7.90. The molecule has 0 unspecified atom stereocenters. The van der Waals surface area contributed by atoms with Gasteiger partial charge in [-0.2, -0.15) is 0 Å². The van der Waals surface area contributed by atoms with E-state index >= 15 is 0 Å². The quantitative estimate of drug-likeness (QED) is 0.399. The third-order valence-corrected chi connectivity index (χ3v) is 1.58. The first-order valence-corrected chi connectivity index (χ1v) is 3.15. The number of nitrogens with zero attached hydrogens (tertiary/aromatic N) is 2. The van der Waals surface area contributed by atoms with Crippen molar-refractivity contribution in [3.05, 3.63) is 6.20 Å². The monoisotopic (exact) mass is 158 g/mol. The fourth-order valence-electron chi connectivity index (χ4n) is 0.450. The Hall–Kier alpha value is -0.860. The fraction of sp³-hybridized carbons (Fsp3) is 0.500.